The largest absolute Gasteiger partial charge is 0.368 e. The van der Waals surface area contributed by atoms with Crippen LogP contribution in [0.1, 0.15) is 34.1 Å². The van der Waals surface area contributed by atoms with Gasteiger partial charge < -0.3 is 10.1 Å². The van der Waals surface area contributed by atoms with E-state index in [1.807, 2.05) is 27.7 Å². The summed E-state index contributed by atoms with van der Waals surface area (Å²) < 4.78 is 5.40. The molecule has 0 radical (unpaired) electrons. The first kappa shape index (κ1) is 12.8. The van der Waals surface area contributed by atoms with E-state index in [9.17, 15) is 4.79 Å². The van der Waals surface area contributed by atoms with Crippen molar-refractivity contribution in [3.05, 3.63) is 0 Å². The second-order valence-electron chi connectivity index (χ2n) is 4.88. The Kier molecular flexibility index (Phi) is 4.01. The van der Waals surface area contributed by atoms with E-state index < -0.39 is 5.54 Å². The molecule has 0 saturated carbocycles. The summed E-state index contributed by atoms with van der Waals surface area (Å²) in [6, 6.07) is 0. The molecule has 0 aromatic heterocycles. The van der Waals surface area contributed by atoms with Gasteiger partial charge in [-0.2, -0.15) is 0 Å². The Morgan fingerprint density at radius 3 is 2.60 bits per heavy atom. The quantitative estimate of drug-likeness (QED) is 0.757. The van der Waals surface area contributed by atoms with E-state index in [1.165, 1.54) is 0 Å². The Morgan fingerprint density at radius 1 is 1.60 bits per heavy atom. The molecular formula is C11H20ClNO2. The van der Waals surface area contributed by atoms with Gasteiger partial charge in [-0.15, -0.1) is 11.6 Å². The lowest BCUT2D eigenvalue weighted by atomic mass is 9.98. The number of hydrogen-bond donors (Lipinski definition) is 1. The zero-order chi connectivity index (χ0) is 11.6. The van der Waals surface area contributed by atoms with Crippen molar-refractivity contribution in [2.75, 3.05) is 6.61 Å². The van der Waals surface area contributed by atoms with Gasteiger partial charge in [0.25, 0.3) is 0 Å². The Bertz CT molecular complexity index is 241. The normalized spacial score (nSPS) is 28.9. The van der Waals surface area contributed by atoms with Gasteiger partial charge in [-0.05, 0) is 33.1 Å². The lowest BCUT2D eigenvalue weighted by Crippen LogP contribution is -2.53. The van der Waals surface area contributed by atoms with Crippen molar-refractivity contribution in [1.82, 2.24) is 5.32 Å². The third kappa shape index (κ3) is 3.08. The fourth-order valence-electron chi connectivity index (χ4n) is 1.52. The average molecular weight is 234 g/mol. The summed E-state index contributed by atoms with van der Waals surface area (Å²) in [6.45, 7) is 8.43. The van der Waals surface area contributed by atoms with Crippen molar-refractivity contribution in [2.24, 2.45) is 5.92 Å². The molecule has 88 valence electrons. The van der Waals surface area contributed by atoms with Crippen LogP contribution in [0.2, 0.25) is 0 Å². The van der Waals surface area contributed by atoms with E-state index >= 15 is 0 Å². The molecule has 1 aliphatic rings. The molecule has 0 aromatic carbocycles. The van der Waals surface area contributed by atoms with Crippen LogP contribution in [0.25, 0.3) is 0 Å². The molecule has 3 nitrogen and oxygen atoms in total. The van der Waals surface area contributed by atoms with Gasteiger partial charge in [0.1, 0.15) is 6.10 Å². The second-order valence-corrected chi connectivity index (χ2v) is 5.54. The molecule has 4 heteroatoms. The van der Waals surface area contributed by atoms with Crippen LogP contribution >= 0.6 is 11.6 Å². The van der Waals surface area contributed by atoms with E-state index in [0.29, 0.717) is 12.5 Å². The van der Waals surface area contributed by atoms with Crippen molar-refractivity contribution in [1.29, 1.82) is 0 Å². The molecule has 15 heavy (non-hydrogen) atoms. The Hall–Kier alpha value is -0.280. The van der Waals surface area contributed by atoms with Crippen molar-refractivity contribution >= 4 is 17.5 Å². The molecule has 1 saturated heterocycles. The summed E-state index contributed by atoms with van der Waals surface area (Å²) >= 11 is 6.00. The van der Waals surface area contributed by atoms with E-state index in [-0.39, 0.29) is 17.4 Å². The second kappa shape index (κ2) is 4.71. The molecule has 1 N–H and O–H groups in total. The number of nitrogens with one attached hydrogen (secondary N) is 1. The SMILES string of the molecule is CC1CCOC1C(=O)NC(C)(C)C(C)Cl. The van der Waals surface area contributed by atoms with Gasteiger partial charge in [0.05, 0.1) is 10.9 Å². The topological polar surface area (TPSA) is 38.3 Å². The summed E-state index contributed by atoms with van der Waals surface area (Å²) in [5.41, 5.74) is -0.399. The standard InChI is InChI=1S/C11H20ClNO2/c1-7-5-6-15-9(7)10(14)13-11(3,4)8(2)12/h7-9H,5-6H2,1-4H3,(H,13,14). The molecular weight excluding hydrogens is 214 g/mol. The van der Waals surface area contributed by atoms with Crippen LogP contribution in [0.5, 0.6) is 0 Å². The van der Waals surface area contributed by atoms with Gasteiger partial charge in [0.2, 0.25) is 5.91 Å². The van der Waals surface area contributed by atoms with Crippen molar-refractivity contribution < 1.29 is 9.53 Å². The average Bonchev–Trinajstić information content (AvgIpc) is 2.50. The van der Waals surface area contributed by atoms with Crippen LogP contribution in [0.15, 0.2) is 0 Å². The summed E-state index contributed by atoms with van der Waals surface area (Å²) in [5, 5.41) is 2.82. The number of alkyl halides is 1. The van der Waals surface area contributed by atoms with Gasteiger partial charge in [-0.3, -0.25) is 4.79 Å². The monoisotopic (exact) mass is 233 g/mol. The highest BCUT2D eigenvalue weighted by Crippen LogP contribution is 2.22. The highest BCUT2D eigenvalue weighted by molar-refractivity contribution is 6.21. The third-order valence-corrected chi connectivity index (χ3v) is 3.63. The van der Waals surface area contributed by atoms with Crippen molar-refractivity contribution in [3.8, 4) is 0 Å². The molecule has 1 aliphatic heterocycles. The fraction of sp³-hybridized carbons (Fsp3) is 0.909. The number of rotatable bonds is 3. The molecule has 3 unspecified atom stereocenters. The van der Waals surface area contributed by atoms with Gasteiger partial charge in [-0.1, -0.05) is 6.92 Å². The molecule has 1 amide bonds. The number of hydrogen-bond acceptors (Lipinski definition) is 2. The predicted molar refractivity (Wildman–Crippen MR) is 61.1 cm³/mol. The molecule has 0 aromatic rings. The maximum absolute atomic E-state index is 11.9. The number of carbonyl (C=O) groups excluding carboxylic acids is 1. The minimum absolute atomic E-state index is 0.0440. The minimum Gasteiger partial charge on any atom is -0.368 e. The molecule has 1 fully saturated rings. The van der Waals surface area contributed by atoms with Gasteiger partial charge in [0.15, 0.2) is 0 Å². The predicted octanol–water partition coefficient (Wildman–Crippen LogP) is 1.93. The molecule has 0 bridgehead atoms. The first-order valence-corrected chi connectivity index (χ1v) is 5.86. The maximum Gasteiger partial charge on any atom is 0.249 e. The highest BCUT2D eigenvalue weighted by atomic mass is 35.5. The van der Waals surface area contributed by atoms with Crippen LogP contribution in [-0.4, -0.2) is 29.5 Å². The van der Waals surface area contributed by atoms with Gasteiger partial charge >= 0.3 is 0 Å². The molecule has 3 atom stereocenters. The van der Waals surface area contributed by atoms with Crippen LogP contribution < -0.4 is 5.32 Å². The number of halogens is 1. The summed E-state index contributed by atoms with van der Waals surface area (Å²) in [5.74, 6) is 0.254. The van der Waals surface area contributed by atoms with Crippen molar-refractivity contribution in [3.63, 3.8) is 0 Å². The van der Waals surface area contributed by atoms with Gasteiger partial charge in [0, 0.05) is 6.61 Å². The Morgan fingerprint density at radius 2 is 2.20 bits per heavy atom. The van der Waals surface area contributed by atoms with Crippen LogP contribution in [0, 0.1) is 5.92 Å². The summed E-state index contributed by atoms with van der Waals surface area (Å²) in [4.78, 5) is 11.9. The molecule has 1 heterocycles. The third-order valence-electron chi connectivity index (χ3n) is 3.09. The van der Waals surface area contributed by atoms with E-state index in [1.54, 1.807) is 0 Å². The van der Waals surface area contributed by atoms with Crippen LogP contribution in [0.4, 0.5) is 0 Å². The van der Waals surface area contributed by atoms with Crippen LogP contribution in [-0.2, 0) is 9.53 Å². The van der Waals surface area contributed by atoms with Gasteiger partial charge in [-0.25, -0.2) is 0 Å². The lowest BCUT2D eigenvalue weighted by molar-refractivity contribution is -0.133. The first-order valence-electron chi connectivity index (χ1n) is 5.42. The maximum atomic E-state index is 11.9. The lowest BCUT2D eigenvalue weighted by Gasteiger charge is -2.30. The molecule has 0 spiro atoms. The number of carbonyl (C=O) groups is 1. The fourth-order valence-corrected chi connectivity index (χ4v) is 1.57. The van der Waals surface area contributed by atoms with E-state index in [4.69, 9.17) is 16.3 Å². The van der Waals surface area contributed by atoms with E-state index in [2.05, 4.69) is 5.32 Å². The molecule has 0 aliphatic carbocycles. The number of amides is 1. The van der Waals surface area contributed by atoms with Crippen molar-refractivity contribution in [2.45, 2.75) is 51.1 Å². The Balaban J connectivity index is 2.55. The number of ether oxygens (including phenoxy) is 1. The van der Waals surface area contributed by atoms with E-state index in [0.717, 1.165) is 6.42 Å². The minimum atomic E-state index is -0.399. The zero-order valence-corrected chi connectivity index (χ0v) is 10.6. The van der Waals surface area contributed by atoms with Crippen LogP contribution in [0.3, 0.4) is 0 Å². The summed E-state index contributed by atoms with van der Waals surface area (Å²) in [7, 11) is 0. The Labute approximate surface area is 96.5 Å². The first-order chi connectivity index (χ1) is 6.84. The smallest absolute Gasteiger partial charge is 0.249 e. The molecule has 1 rings (SSSR count). The summed E-state index contributed by atoms with van der Waals surface area (Å²) in [6.07, 6.45) is 0.647. The highest BCUT2D eigenvalue weighted by Gasteiger charge is 2.35. The zero-order valence-electron chi connectivity index (χ0n) is 9.84.